The highest BCUT2D eigenvalue weighted by Crippen LogP contribution is 2.26. The molecule has 5 heteroatoms. The van der Waals surface area contributed by atoms with Crippen molar-refractivity contribution in [1.29, 1.82) is 0 Å². The maximum atomic E-state index is 5.78. The van der Waals surface area contributed by atoms with Crippen molar-refractivity contribution in [3.63, 3.8) is 0 Å². The molecule has 0 fully saturated rings. The Bertz CT molecular complexity index is 985. The van der Waals surface area contributed by atoms with Gasteiger partial charge in [0.2, 0.25) is 0 Å². The summed E-state index contributed by atoms with van der Waals surface area (Å²) < 4.78 is 11.3. The summed E-state index contributed by atoms with van der Waals surface area (Å²) in [5.41, 5.74) is 6.53. The zero-order chi connectivity index (χ0) is 17.9. The van der Waals surface area contributed by atoms with E-state index in [0.29, 0.717) is 18.2 Å². The zero-order valence-electron chi connectivity index (χ0n) is 14.7. The number of hydrazone groups is 1. The fraction of sp³-hybridized carbons (Fsp3) is 0.143. The minimum Gasteiger partial charge on any atom is -0.494 e. The van der Waals surface area contributed by atoms with Crippen molar-refractivity contribution >= 4 is 17.2 Å². The molecule has 3 aromatic rings. The zero-order valence-corrected chi connectivity index (χ0v) is 14.7. The number of nitrogens with one attached hydrogen (secondary N) is 1. The lowest BCUT2D eigenvalue weighted by molar-refractivity contribution is 0.340. The van der Waals surface area contributed by atoms with Crippen LogP contribution in [-0.4, -0.2) is 18.2 Å². The average Bonchev–Trinajstić information content (AvgIpc) is 2.99. The van der Waals surface area contributed by atoms with Gasteiger partial charge in [-0.1, -0.05) is 18.2 Å². The first-order valence-corrected chi connectivity index (χ1v) is 8.56. The van der Waals surface area contributed by atoms with E-state index < -0.39 is 0 Å². The molecule has 0 aliphatic carbocycles. The molecule has 0 unspecified atom stereocenters. The molecule has 1 aromatic heterocycles. The van der Waals surface area contributed by atoms with Crippen LogP contribution in [0.1, 0.15) is 29.6 Å². The number of aryl methyl sites for hydroxylation is 1. The van der Waals surface area contributed by atoms with Gasteiger partial charge in [-0.15, -0.1) is 0 Å². The highest BCUT2D eigenvalue weighted by Gasteiger charge is 2.19. The molecule has 0 saturated carbocycles. The van der Waals surface area contributed by atoms with Gasteiger partial charge >= 0.3 is 0 Å². The van der Waals surface area contributed by atoms with E-state index in [0.717, 1.165) is 34.0 Å². The molecule has 1 aliphatic rings. The number of aliphatic imine (C=N–C) groups is 1. The number of hydrogen-bond acceptors (Lipinski definition) is 5. The number of fused-ring (bicyclic) bond motifs is 1. The van der Waals surface area contributed by atoms with Crippen LogP contribution in [0.3, 0.4) is 0 Å². The Morgan fingerprint density at radius 1 is 1.00 bits per heavy atom. The number of para-hydroxylation sites is 1. The maximum Gasteiger partial charge on any atom is 0.155 e. The van der Waals surface area contributed by atoms with Gasteiger partial charge in [-0.3, -0.25) is 5.43 Å². The second-order valence-electron chi connectivity index (χ2n) is 5.92. The van der Waals surface area contributed by atoms with Crippen LogP contribution in [0.4, 0.5) is 5.69 Å². The van der Waals surface area contributed by atoms with Crippen molar-refractivity contribution in [2.75, 3.05) is 6.61 Å². The normalized spacial score (nSPS) is 13.2. The maximum absolute atomic E-state index is 5.78. The van der Waals surface area contributed by atoms with Crippen LogP contribution in [0.15, 0.2) is 75.2 Å². The van der Waals surface area contributed by atoms with Crippen LogP contribution in [0.25, 0.3) is 0 Å². The third-order valence-corrected chi connectivity index (χ3v) is 4.08. The molecule has 0 atom stereocenters. The fourth-order valence-corrected chi connectivity index (χ4v) is 2.84. The fourth-order valence-electron chi connectivity index (χ4n) is 2.84. The molecule has 0 spiro atoms. The van der Waals surface area contributed by atoms with E-state index in [1.807, 2.05) is 74.5 Å². The van der Waals surface area contributed by atoms with E-state index in [9.17, 15) is 0 Å². The number of nitrogens with zero attached hydrogens (tertiary/aromatic N) is 2. The number of ether oxygens (including phenoxy) is 1. The van der Waals surface area contributed by atoms with Crippen LogP contribution in [0.2, 0.25) is 0 Å². The van der Waals surface area contributed by atoms with Crippen LogP contribution >= 0.6 is 0 Å². The van der Waals surface area contributed by atoms with Crippen molar-refractivity contribution in [1.82, 2.24) is 5.43 Å². The smallest absolute Gasteiger partial charge is 0.155 e. The molecule has 0 bridgehead atoms. The molecule has 26 heavy (non-hydrogen) atoms. The second-order valence-corrected chi connectivity index (χ2v) is 5.92. The molecular weight excluding hydrogens is 326 g/mol. The highest BCUT2D eigenvalue weighted by molar-refractivity contribution is 6.16. The lowest BCUT2D eigenvalue weighted by atomic mass is 10.1. The third kappa shape index (κ3) is 3.11. The predicted octanol–water partition coefficient (Wildman–Crippen LogP) is 4.42. The summed E-state index contributed by atoms with van der Waals surface area (Å²) in [6, 6.07) is 19.6. The first-order valence-electron chi connectivity index (χ1n) is 8.56. The monoisotopic (exact) mass is 345 g/mol. The summed E-state index contributed by atoms with van der Waals surface area (Å²) in [5.74, 6) is 3.07. The van der Waals surface area contributed by atoms with E-state index in [4.69, 9.17) is 14.1 Å². The SMILES string of the molecule is CCOc1ccc(C2=Nc3ccccc3C(c3ccc(C)o3)=NN2)cc1. The molecule has 0 amide bonds. The standard InChI is InChI=1S/C21H19N3O2/c1-3-25-16-11-9-15(10-12-16)21-22-18-7-5-4-6-17(18)20(23-24-21)19-13-8-14(2)26-19/h4-13H,3H2,1-2H3,(H,22,24). The molecule has 5 nitrogen and oxygen atoms in total. The van der Waals surface area contributed by atoms with Gasteiger partial charge in [0, 0.05) is 11.1 Å². The summed E-state index contributed by atoms with van der Waals surface area (Å²) >= 11 is 0. The molecule has 130 valence electrons. The average molecular weight is 345 g/mol. The van der Waals surface area contributed by atoms with Crippen LogP contribution in [-0.2, 0) is 0 Å². The van der Waals surface area contributed by atoms with Gasteiger partial charge in [0.1, 0.15) is 17.2 Å². The van der Waals surface area contributed by atoms with Gasteiger partial charge in [0.15, 0.2) is 11.6 Å². The van der Waals surface area contributed by atoms with Gasteiger partial charge in [-0.2, -0.15) is 5.10 Å². The number of benzene rings is 2. The topological polar surface area (TPSA) is 59.1 Å². The van der Waals surface area contributed by atoms with Crippen LogP contribution in [0, 0.1) is 6.92 Å². The Labute approximate surface area is 152 Å². The molecule has 1 aliphatic heterocycles. The van der Waals surface area contributed by atoms with Gasteiger partial charge in [0.25, 0.3) is 0 Å². The summed E-state index contributed by atoms with van der Waals surface area (Å²) in [6.45, 7) is 4.53. The molecule has 0 radical (unpaired) electrons. The third-order valence-electron chi connectivity index (χ3n) is 4.08. The quantitative estimate of drug-likeness (QED) is 0.761. The largest absolute Gasteiger partial charge is 0.494 e. The number of hydrogen-bond donors (Lipinski definition) is 1. The molecule has 1 N–H and O–H groups in total. The van der Waals surface area contributed by atoms with Crippen molar-refractivity contribution in [3.05, 3.63) is 83.3 Å². The van der Waals surface area contributed by atoms with E-state index in [2.05, 4.69) is 10.5 Å². The molecular formula is C21H19N3O2. The van der Waals surface area contributed by atoms with Crippen LogP contribution in [0.5, 0.6) is 5.75 Å². The van der Waals surface area contributed by atoms with E-state index in [-0.39, 0.29) is 0 Å². The molecule has 0 saturated heterocycles. The predicted molar refractivity (Wildman–Crippen MR) is 102 cm³/mol. The van der Waals surface area contributed by atoms with Gasteiger partial charge in [-0.05, 0) is 56.3 Å². The Morgan fingerprint density at radius 2 is 1.81 bits per heavy atom. The van der Waals surface area contributed by atoms with Gasteiger partial charge in [0.05, 0.1) is 12.3 Å². The van der Waals surface area contributed by atoms with Crippen LogP contribution < -0.4 is 10.2 Å². The first-order chi connectivity index (χ1) is 12.7. The summed E-state index contributed by atoms with van der Waals surface area (Å²) in [6.07, 6.45) is 0. The Kier molecular flexibility index (Phi) is 4.27. The minimum absolute atomic E-state index is 0.641. The van der Waals surface area contributed by atoms with Crippen molar-refractivity contribution < 1.29 is 9.15 Å². The van der Waals surface area contributed by atoms with Crippen molar-refractivity contribution in [2.24, 2.45) is 10.1 Å². The minimum atomic E-state index is 0.641. The Hall–Kier alpha value is -3.34. The van der Waals surface area contributed by atoms with Gasteiger partial charge < -0.3 is 9.15 Å². The number of rotatable bonds is 4. The Balaban J connectivity index is 1.75. The lowest BCUT2D eigenvalue weighted by Crippen LogP contribution is -2.19. The molecule has 4 rings (SSSR count). The van der Waals surface area contributed by atoms with E-state index in [1.165, 1.54) is 0 Å². The number of furan rings is 1. The van der Waals surface area contributed by atoms with E-state index >= 15 is 0 Å². The van der Waals surface area contributed by atoms with Crippen molar-refractivity contribution in [3.8, 4) is 5.75 Å². The molecule has 2 aromatic carbocycles. The lowest BCUT2D eigenvalue weighted by Gasteiger charge is -2.07. The molecule has 2 heterocycles. The Morgan fingerprint density at radius 3 is 2.54 bits per heavy atom. The first kappa shape index (κ1) is 16.1. The summed E-state index contributed by atoms with van der Waals surface area (Å²) in [5, 5.41) is 4.58. The van der Waals surface area contributed by atoms with Gasteiger partial charge in [-0.25, -0.2) is 4.99 Å². The van der Waals surface area contributed by atoms with Crippen molar-refractivity contribution in [2.45, 2.75) is 13.8 Å². The number of amidine groups is 1. The highest BCUT2D eigenvalue weighted by atomic mass is 16.5. The second kappa shape index (κ2) is 6.88. The summed E-state index contributed by atoms with van der Waals surface area (Å²) in [4.78, 5) is 4.78. The van der Waals surface area contributed by atoms with E-state index in [1.54, 1.807) is 0 Å². The summed E-state index contributed by atoms with van der Waals surface area (Å²) in [7, 11) is 0.